The van der Waals surface area contributed by atoms with Crippen LogP contribution in [0.2, 0.25) is 0 Å². The normalized spacial score (nSPS) is 16.7. The van der Waals surface area contributed by atoms with Crippen molar-refractivity contribution in [2.75, 3.05) is 19.0 Å². The van der Waals surface area contributed by atoms with Crippen LogP contribution >= 0.6 is 12.2 Å². The molecular weight excluding hydrogens is 364 g/mol. The molecule has 0 radical (unpaired) electrons. The number of anilines is 1. The van der Waals surface area contributed by atoms with Crippen molar-refractivity contribution in [2.24, 2.45) is 10.5 Å². The van der Waals surface area contributed by atoms with E-state index < -0.39 is 0 Å². The van der Waals surface area contributed by atoms with Crippen LogP contribution in [0, 0.1) is 5.41 Å². The highest BCUT2D eigenvalue weighted by molar-refractivity contribution is 7.80. The van der Waals surface area contributed by atoms with Crippen LogP contribution in [-0.2, 0) is 6.54 Å². The van der Waals surface area contributed by atoms with Crippen LogP contribution < -0.4 is 10.2 Å². The number of nitrogens with zero attached hydrogens (tertiary/aromatic N) is 3. The number of benzene rings is 2. The molecule has 1 aliphatic rings. The largest absolute Gasteiger partial charge is 0.378 e. The van der Waals surface area contributed by atoms with Gasteiger partial charge in [0, 0.05) is 32.7 Å². The van der Waals surface area contributed by atoms with E-state index >= 15 is 0 Å². The number of hydrogen-bond donors (Lipinski definition) is 1. The van der Waals surface area contributed by atoms with Crippen molar-refractivity contribution in [1.82, 2.24) is 10.3 Å². The molecule has 0 fully saturated rings. The number of thiocarbonyl (C=S) groups is 1. The summed E-state index contributed by atoms with van der Waals surface area (Å²) < 4.78 is 0. The predicted octanol–water partition coefficient (Wildman–Crippen LogP) is 4.65. The van der Waals surface area contributed by atoms with Crippen molar-refractivity contribution < 1.29 is 0 Å². The van der Waals surface area contributed by atoms with Gasteiger partial charge in [-0.25, -0.2) is 5.01 Å². The van der Waals surface area contributed by atoms with Gasteiger partial charge in [-0.2, -0.15) is 5.10 Å². The van der Waals surface area contributed by atoms with E-state index in [1.807, 2.05) is 23.2 Å². The van der Waals surface area contributed by atoms with Gasteiger partial charge in [0.05, 0.1) is 11.8 Å². The topological polar surface area (TPSA) is 30.9 Å². The maximum atomic E-state index is 5.72. The molecule has 4 nitrogen and oxygen atoms in total. The second-order valence-corrected chi connectivity index (χ2v) is 8.95. The van der Waals surface area contributed by atoms with Crippen LogP contribution in [0.25, 0.3) is 0 Å². The van der Waals surface area contributed by atoms with Gasteiger partial charge in [-0.3, -0.25) is 0 Å². The summed E-state index contributed by atoms with van der Waals surface area (Å²) in [6.07, 6.45) is 0.887. The van der Waals surface area contributed by atoms with E-state index in [4.69, 9.17) is 17.3 Å². The van der Waals surface area contributed by atoms with E-state index in [1.165, 1.54) is 11.3 Å². The lowest BCUT2D eigenvalue weighted by atomic mass is 9.83. The van der Waals surface area contributed by atoms with E-state index in [2.05, 4.69) is 81.5 Å². The first-order chi connectivity index (χ1) is 13.3. The molecule has 0 saturated heterocycles. The molecule has 0 unspecified atom stereocenters. The lowest BCUT2D eigenvalue weighted by Crippen LogP contribution is -2.45. The Morgan fingerprint density at radius 2 is 1.75 bits per heavy atom. The second-order valence-electron chi connectivity index (χ2n) is 8.56. The average Bonchev–Trinajstić information content (AvgIpc) is 3.13. The Labute approximate surface area is 174 Å². The highest BCUT2D eigenvalue weighted by Gasteiger charge is 2.38. The highest BCUT2D eigenvalue weighted by atomic mass is 32.1. The molecule has 2 aromatic carbocycles. The summed E-state index contributed by atoms with van der Waals surface area (Å²) in [5.74, 6) is 0. The zero-order valence-electron chi connectivity index (χ0n) is 17.4. The monoisotopic (exact) mass is 394 g/mol. The third-order valence-corrected chi connectivity index (χ3v) is 5.45. The van der Waals surface area contributed by atoms with E-state index in [-0.39, 0.29) is 11.5 Å². The SMILES string of the molecule is CN(C)c1ccc(C2=NN(C(=S)NCc3ccccc3)[C@H](C(C)(C)C)C2)cc1. The maximum Gasteiger partial charge on any atom is 0.190 e. The molecule has 5 heteroatoms. The summed E-state index contributed by atoms with van der Waals surface area (Å²) in [6, 6.07) is 19.1. The summed E-state index contributed by atoms with van der Waals surface area (Å²) >= 11 is 5.72. The van der Waals surface area contributed by atoms with Crippen LogP contribution in [0.5, 0.6) is 0 Å². The van der Waals surface area contributed by atoms with Crippen molar-refractivity contribution >= 4 is 28.7 Å². The van der Waals surface area contributed by atoms with Gasteiger partial charge in [0.1, 0.15) is 0 Å². The van der Waals surface area contributed by atoms with Crippen LogP contribution in [0.15, 0.2) is 59.7 Å². The summed E-state index contributed by atoms with van der Waals surface area (Å²) in [6.45, 7) is 7.45. The Morgan fingerprint density at radius 1 is 1.11 bits per heavy atom. The van der Waals surface area contributed by atoms with Gasteiger partial charge in [0.15, 0.2) is 5.11 Å². The molecule has 0 saturated carbocycles. The van der Waals surface area contributed by atoms with Gasteiger partial charge in [-0.05, 0) is 40.9 Å². The molecule has 28 heavy (non-hydrogen) atoms. The first kappa shape index (κ1) is 20.3. The third-order valence-electron chi connectivity index (χ3n) is 5.12. The quantitative estimate of drug-likeness (QED) is 0.765. The van der Waals surface area contributed by atoms with Gasteiger partial charge >= 0.3 is 0 Å². The van der Waals surface area contributed by atoms with E-state index in [0.717, 1.165) is 17.7 Å². The molecule has 1 atom stereocenters. The van der Waals surface area contributed by atoms with Crippen molar-refractivity contribution in [3.63, 3.8) is 0 Å². The average molecular weight is 395 g/mol. The standard InChI is InChI=1S/C23H30N4S/c1-23(2,3)21-15-20(18-11-13-19(14-12-18)26(4)5)25-27(21)22(28)24-16-17-9-7-6-8-10-17/h6-14,21H,15-16H2,1-5H3,(H,24,28)/t21-/m0/s1. The van der Waals surface area contributed by atoms with E-state index in [9.17, 15) is 0 Å². The van der Waals surface area contributed by atoms with Crippen LogP contribution in [-0.4, -0.2) is 36.0 Å². The molecule has 0 amide bonds. The van der Waals surface area contributed by atoms with Crippen LogP contribution in [0.3, 0.4) is 0 Å². The Hall–Kier alpha value is -2.40. The molecule has 0 spiro atoms. The predicted molar refractivity (Wildman–Crippen MR) is 123 cm³/mol. The smallest absolute Gasteiger partial charge is 0.190 e. The minimum Gasteiger partial charge on any atom is -0.378 e. The van der Waals surface area contributed by atoms with Crippen LogP contribution in [0.4, 0.5) is 5.69 Å². The van der Waals surface area contributed by atoms with Crippen LogP contribution in [0.1, 0.15) is 38.3 Å². The fourth-order valence-electron chi connectivity index (χ4n) is 3.35. The Balaban J connectivity index is 1.78. The molecule has 0 aromatic heterocycles. The molecule has 0 bridgehead atoms. The lowest BCUT2D eigenvalue weighted by molar-refractivity contribution is 0.192. The zero-order chi connectivity index (χ0) is 20.3. The minimum atomic E-state index is 0.0628. The van der Waals surface area contributed by atoms with Crippen molar-refractivity contribution in [3.8, 4) is 0 Å². The number of rotatable bonds is 4. The Morgan fingerprint density at radius 3 is 2.32 bits per heavy atom. The molecule has 0 aliphatic carbocycles. The fraction of sp³-hybridized carbons (Fsp3) is 0.391. The summed E-state index contributed by atoms with van der Waals surface area (Å²) in [5, 5.41) is 11.0. The first-order valence-corrected chi connectivity index (χ1v) is 10.1. The Bertz CT molecular complexity index is 835. The van der Waals surface area contributed by atoms with E-state index in [0.29, 0.717) is 11.7 Å². The Kier molecular flexibility index (Phi) is 6.04. The number of nitrogens with one attached hydrogen (secondary N) is 1. The van der Waals surface area contributed by atoms with E-state index in [1.54, 1.807) is 0 Å². The number of hydrazone groups is 1. The highest BCUT2D eigenvalue weighted by Crippen LogP contribution is 2.33. The fourth-order valence-corrected chi connectivity index (χ4v) is 3.59. The summed E-state index contributed by atoms with van der Waals surface area (Å²) in [4.78, 5) is 2.10. The van der Waals surface area contributed by atoms with Crippen molar-refractivity contribution in [1.29, 1.82) is 0 Å². The zero-order valence-corrected chi connectivity index (χ0v) is 18.3. The van der Waals surface area contributed by atoms with Gasteiger partial charge in [0.2, 0.25) is 0 Å². The summed E-state index contributed by atoms with van der Waals surface area (Å²) in [5.41, 5.74) is 4.71. The molecular formula is C23H30N4S. The lowest BCUT2D eigenvalue weighted by Gasteiger charge is -2.34. The maximum absolute atomic E-state index is 5.72. The van der Waals surface area contributed by atoms with Gasteiger partial charge < -0.3 is 10.2 Å². The minimum absolute atomic E-state index is 0.0628. The molecule has 148 valence electrons. The summed E-state index contributed by atoms with van der Waals surface area (Å²) in [7, 11) is 4.10. The molecule has 1 heterocycles. The second kappa shape index (κ2) is 8.31. The van der Waals surface area contributed by atoms with Gasteiger partial charge in [-0.1, -0.05) is 63.2 Å². The number of hydrogen-bond acceptors (Lipinski definition) is 3. The molecule has 2 aromatic rings. The van der Waals surface area contributed by atoms with Crippen molar-refractivity contribution in [3.05, 3.63) is 65.7 Å². The first-order valence-electron chi connectivity index (χ1n) is 9.72. The van der Waals surface area contributed by atoms with Gasteiger partial charge in [0.25, 0.3) is 0 Å². The molecule has 1 N–H and O–H groups in total. The molecule has 1 aliphatic heterocycles. The third kappa shape index (κ3) is 4.71. The van der Waals surface area contributed by atoms with Crippen molar-refractivity contribution in [2.45, 2.75) is 39.8 Å². The van der Waals surface area contributed by atoms with Gasteiger partial charge in [-0.15, -0.1) is 0 Å². The molecule has 3 rings (SSSR count).